The highest BCUT2D eigenvalue weighted by Gasteiger charge is 2.19. The maximum atomic E-state index is 9.24. The molecule has 3 aromatic heterocycles. The van der Waals surface area contributed by atoms with Gasteiger partial charge in [-0.1, -0.05) is 44.0 Å². The maximum Gasteiger partial charge on any atom is 0.229 e. The molecule has 0 amide bonds. The number of hydrogen-bond acceptors (Lipinski definition) is 6. The number of fused-ring (bicyclic) bond motifs is 1. The van der Waals surface area contributed by atoms with Crippen molar-refractivity contribution in [2.45, 2.75) is 40.0 Å². The standard InChI is InChI=1S/C21H25Cl2N9/c1-6-7-32(30-21(25-11-24)26-14-8-16(22)27-17(23)9-14)18-10-15(12(2)3)19-13(4)29-31(5)20(19)28-18/h8-10,12H,6-7H2,1-5H3,(H2,25,26,27,30). The van der Waals surface area contributed by atoms with Gasteiger partial charge >= 0.3 is 0 Å². The zero-order chi connectivity index (χ0) is 23.4. The summed E-state index contributed by atoms with van der Waals surface area (Å²) in [5, 5.41) is 19.7. The number of hydrogen-bond donors (Lipinski definition) is 2. The number of hydrazine groups is 1. The second-order valence-electron chi connectivity index (χ2n) is 7.56. The van der Waals surface area contributed by atoms with E-state index in [9.17, 15) is 5.26 Å². The van der Waals surface area contributed by atoms with Crippen molar-refractivity contribution < 1.29 is 0 Å². The summed E-state index contributed by atoms with van der Waals surface area (Å²) < 4.78 is 1.79. The monoisotopic (exact) mass is 473 g/mol. The van der Waals surface area contributed by atoms with Crippen LogP contribution in [0, 0.1) is 18.4 Å². The summed E-state index contributed by atoms with van der Waals surface area (Å²) >= 11 is 12.0. The zero-order valence-electron chi connectivity index (χ0n) is 18.6. The van der Waals surface area contributed by atoms with Gasteiger partial charge in [0.15, 0.2) is 11.8 Å². The number of nitrogens with one attached hydrogen (secondary N) is 2. The summed E-state index contributed by atoms with van der Waals surface area (Å²) in [6, 6.07) is 5.16. The summed E-state index contributed by atoms with van der Waals surface area (Å²) in [5.74, 6) is 1.18. The Morgan fingerprint density at radius 2 is 1.94 bits per heavy atom. The number of aryl methyl sites for hydroxylation is 2. The van der Waals surface area contributed by atoms with Crippen molar-refractivity contribution in [1.29, 1.82) is 5.26 Å². The number of nitrogens with zero attached hydrogens (tertiary/aromatic N) is 7. The SMILES string of the molecule is CCCN(N/C(=N\c1cc(Cl)nc(Cl)c1)NC#N)c1cc(C(C)C)c2c(C)nn(C)c2n1. The highest BCUT2D eigenvalue weighted by atomic mass is 35.5. The lowest BCUT2D eigenvalue weighted by atomic mass is 9.99. The van der Waals surface area contributed by atoms with Crippen molar-refractivity contribution in [2.24, 2.45) is 12.0 Å². The zero-order valence-corrected chi connectivity index (χ0v) is 20.1. The number of nitriles is 1. The summed E-state index contributed by atoms with van der Waals surface area (Å²) in [6.45, 7) is 8.95. The fraction of sp³-hybridized carbons (Fsp3) is 0.381. The molecule has 0 aromatic carbocycles. The van der Waals surface area contributed by atoms with Crippen molar-refractivity contribution in [2.75, 3.05) is 11.6 Å². The van der Waals surface area contributed by atoms with Gasteiger partial charge in [-0.3, -0.25) is 20.4 Å². The topological polar surface area (TPSA) is 107 Å². The highest BCUT2D eigenvalue weighted by Crippen LogP contribution is 2.30. The van der Waals surface area contributed by atoms with Crippen LogP contribution in [0.3, 0.4) is 0 Å². The Hall–Kier alpha value is -3.09. The third-order valence-corrected chi connectivity index (χ3v) is 5.12. The lowest BCUT2D eigenvalue weighted by molar-refractivity contribution is 0.712. The molecule has 0 radical (unpaired) electrons. The van der Waals surface area contributed by atoms with Gasteiger partial charge in [-0.15, -0.1) is 0 Å². The van der Waals surface area contributed by atoms with Gasteiger partial charge < -0.3 is 0 Å². The van der Waals surface area contributed by atoms with E-state index in [1.54, 1.807) is 16.8 Å². The third-order valence-electron chi connectivity index (χ3n) is 4.74. The van der Waals surface area contributed by atoms with E-state index >= 15 is 0 Å². The Kier molecular flexibility index (Phi) is 7.38. The van der Waals surface area contributed by atoms with Gasteiger partial charge in [0.2, 0.25) is 5.96 Å². The second kappa shape index (κ2) is 10.0. The van der Waals surface area contributed by atoms with E-state index < -0.39 is 0 Å². The van der Waals surface area contributed by atoms with Crippen molar-refractivity contribution in [3.63, 3.8) is 0 Å². The molecule has 3 heterocycles. The predicted octanol–water partition coefficient (Wildman–Crippen LogP) is 4.58. The summed E-state index contributed by atoms with van der Waals surface area (Å²) in [4.78, 5) is 13.2. The van der Waals surface area contributed by atoms with E-state index in [1.807, 2.05) is 25.2 Å². The Labute approximate surface area is 197 Å². The van der Waals surface area contributed by atoms with Crippen LogP contribution in [0.2, 0.25) is 10.3 Å². The molecule has 11 heteroatoms. The van der Waals surface area contributed by atoms with E-state index in [4.69, 9.17) is 28.2 Å². The van der Waals surface area contributed by atoms with Gasteiger partial charge in [-0.05, 0) is 30.9 Å². The maximum absolute atomic E-state index is 9.24. The van der Waals surface area contributed by atoms with Crippen LogP contribution in [-0.2, 0) is 7.05 Å². The molecule has 0 bridgehead atoms. The molecule has 168 valence electrons. The molecule has 0 unspecified atom stereocenters. The van der Waals surface area contributed by atoms with Gasteiger partial charge in [0.05, 0.1) is 11.4 Å². The van der Waals surface area contributed by atoms with Crippen LogP contribution in [0.5, 0.6) is 0 Å². The smallest absolute Gasteiger partial charge is 0.229 e. The van der Waals surface area contributed by atoms with Crippen molar-refractivity contribution >= 4 is 51.7 Å². The fourth-order valence-electron chi connectivity index (χ4n) is 3.42. The van der Waals surface area contributed by atoms with Crippen LogP contribution >= 0.6 is 23.2 Å². The Morgan fingerprint density at radius 3 is 2.53 bits per heavy atom. The molecule has 32 heavy (non-hydrogen) atoms. The fourth-order valence-corrected chi connectivity index (χ4v) is 3.87. The average molecular weight is 474 g/mol. The molecular formula is C21H25Cl2N9. The van der Waals surface area contributed by atoms with E-state index in [-0.39, 0.29) is 22.2 Å². The van der Waals surface area contributed by atoms with Crippen LogP contribution < -0.4 is 15.8 Å². The third kappa shape index (κ3) is 5.21. The lowest BCUT2D eigenvalue weighted by Crippen LogP contribution is -2.48. The van der Waals surface area contributed by atoms with Gasteiger partial charge in [0.25, 0.3) is 0 Å². The van der Waals surface area contributed by atoms with E-state index in [0.717, 1.165) is 28.7 Å². The van der Waals surface area contributed by atoms with Crippen molar-refractivity contribution in [1.82, 2.24) is 30.5 Å². The minimum absolute atomic E-state index is 0.202. The summed E-state index contributed by atoms with van der Waals surface area (Å²) in [7, 11) is 1.88. The first-order chi connectivity index (χ1) is 15.2. The van der Waals surface area contributed by atoms with Gasteiger partial charge in [0, 0.05) is 31.1 Å². The molecule has 0 aliphatic rings. The second-order valence-corrected chi connectivity index (χ2v) is 8.34. The molecule has 0 spiro atoms. The minimum Gasteiger partial charge on any atom is -0.268 e. The first-order valence-corrected chi connectivity index (χ1v) is 10.9. The summed E-state index contributed by atoms with van der Waals surface area (Å²) in [6.07, 6.45) is 2.74. The number of guanidine groups is 1. The van der Waals surface area contributed by atoms with Gasteiger partial charge in [-0.25, -0.2) is 15.0 Å². The number of rotatable bonds is 6. The van der Waals surface area contributed by atoms with E-state index in [0.29, 0.717) is 18.1 Å². The van der Waals surface area contributed by atoms with Crippen LogP contribution in [0.4, 0.5) is 11.5 Å². The molecule has 0 saturated carbocycles. The quantitative estimate of drug-likeness (QED) is 0.134. The molecule has 2 N–H and O–H groups in total. The number of anilines is 1. The molecule has 9 nitrogen and oxygen atoms in total. The lowest BCUT2D eigenvalue weighted by Gasteiger charge is -2.26. The van der Waals surface area contributed by atoms with Crippen molar-refractivity contribution in [3.8, 4) is 6.19 Å². The molecule has 3 aromatic rings. The highest BCUT2D eigenvalue weighted by molar-refractivity contribution is 6.32. The van der Waals surface area contributed by atoms with Crippen LogP contribution in [0.15, 0.2) is 23.2 Å². The average Bonchev–Trinajstić information content (AvgIpc) is 3.00. The number of pyridine rings is 2. The molecule has 3 rings (SSSR count). The predicted molar refractivity (Wildman–Crippen MR) is 128 cm³/mol. The number of aliphatic imine (C=N–C) groups is 1. The van der Waals surface area contributed by atoms with E-state index in [1.165, 1.54) is 0 Å². The number of aromatic nitrogens is 4. The molecule has 0 aliphatic carbocycles. The first kappa shape index (κ1) is 23.6. The minimum atomic E-state index is 0.202. The molecule has 0 atom stereocenters. The van der Waals surface area contributed by atoms with Crippen molar-refractivity contribution in [3.05, 3.63) is 39.8 Å². The summed E-state index contributed by atoms with van der Waals surface area (Å²) in [5.41, 5.74) is 6.51. The van der Waals surface area contributed by atoms with Crippen LogP contribution in [-0.4, -0.2) is 32.3 Å². The van der Waals surface area contributed by atoms with E-state index in [2.05, 4.69) is 52.7 Å². The number of halogens is 2. The molecule has 0 fully saturated rings. The van der Waals surface area contributed by atoms with Crippen LogP contribution in [0.25, 0.3) is 11.0 Å². The molecule has 0 aliphatic heterocycles. The molecular weight excluding hydrogens is 449 g/mol. The molecule has 0 saturated heterocycles. The Morgan fingerprint density at radius 1 is 1.25 bits per heavy atom. The van der Waals surface area contributed by atoms with Gasteiger partial charge in [0.1, 0.15) is 16.1 Å². The first-order valence-electron chi connectivity index (χ1n) is 10.2. The Bertz CT molecular complexity index is 1170. The van der Waals surface area contributed by atoms with Crippen LogP contribution in [0.1, 0.15) is 44.4 Å². The largest absolute Gasteiger partial charge is 0.268 e. The van der Waals surface area contributed by atoms with Gasteiger partial charge in [-0.2, -0.15) is 10.4 Å². The Balaban J connectivity index is 2.06. The normalized spacial score (nSPS) is 11.7.